The quantitative estimate of drug-likeness (QED) is 0.227. The molecule has 0 atom stereocenters. The molecule has 1 N–H and O–H groups in total. The number of rotatable bonds is 9. The van der Waals surface area contributed by atoms with Crippen LogP contribution >= 0.6 is 0 Å². The summed E-state index contributed by atoms with van der Waals surface area (Å²) < 4.78 is 1.97. The normalized spacial score (nSPS) is 11.2. The van der Waals surface area contributed by atoms with Crippen LogP contribution in [0.5, 0.6) is 0 Å². The van der Waals surface area contributed by atoms with Gasteiger partial charge in [0.15, 0.2) is 5.43 Å². The molecule has 0 radical (unpaired) electrons. The number of hydrogen-bond donors (Lipinski definition) is 1. The maximum Gasteiger partial charge on any atom is 0.242 e. The molecule has 6 heteroatoms. The van der Waals surface area contributed by atoms with Gasteiger partial charge in [-0.05, 0) is 49.6 Å². The number of likely N-dealkylation sites (N-methyl/N-ethyl adjacent to an activating group) is 1. The minimum Gasteiger partial charge on any atom is -0.344 e. The summed E-state index contributed by atoms with van der Waals surface area (Å²) >= 11 is 0. The van der Waals surface area contributed by atoms with Gasteiger partial charge in [-0.1, -0.05) is 61.0 Å². The molecular formula is C30H30N4O2. The second-order valence-electron chi connectivity index (χ2n) is 9.22. The maximum atomic E-state index is 13.1. The third-order valence-corrected chi connectivity index (χ3v) is 6.74. The van der Waals surface area contributed by atoms with Gasteiger partial charge < -0.3 is 9.47 Å². The lowest BCUT2D eigenvalue weighted by molar-refractivity contribution is -0.130. The number of amides is 1. The van der Waals surface area contributed by atoms with E-state index in [4.69, 9.17) is 0 Å². The first-order valence-electron chi connectivity index (χ1n) is 12.5. The number of unbranched alkanes of at least 4 members (excludes halogenated alkanes) is 2. The van der Waals surface area contributed by atoms with Crippen molar-refractivity contribution in [2.75, 3.05) is 13.6 Å². The summed E-state index contributed by atoms with van der Waals surface area (Å²) in [4.78, 5) is 27.8. The number of aromatic nitrogens is 3. The standard InChI is InChI=1S/C30H30N4O2/c1-33(19-11-3-6-14-23-20-26(32-31-23)22-12-4-2-5-13-22)29(35)21-34-27-17-9-7-15-24(27)30(36)25-16-8-10-18-28(25)34/h2,4-5,7-10,12-13,15-18,20H,3,6,11,14,19,21H2,1H3,(H,31,32). The zero-order valence-corrected chi connectivity index (χ0v) is 20.5. The molecule has 0 saturated carbocycles. The number of nitrogens with one attached hydrogen (secondary N) is 1. The lowest BCUT2D eigenvalue weighted by Crippen LogP contribution is -2.31. The van der Waals surface area contributed by atoms with Gasteiger partial charge in [0, 0.05) is 35.6 Å². The Morgan fingerprint density at radius 1 is 0.861 bits per heavy atom. The van der Waals surface area contributed by atoms with Gasteiger partial charge in [0.1, 0.15) is 6.54 Å². The Kier molecular flexibility index (Phi) is 6.94. The molecule has 0 aliphatic heterocycles. The van der Waals surface area contributed by atoms with E-state index in [9.17, 15) is 9.59 Å². The Bertz CT molecular complexity index is 1490. The molecule has 2 aromatic heterocycles. The molecule has 2 heterocycles. The number of fused-ring (bicyclic) bond motifs is 2. The molecule has 1 amide bonds. The number of nitrogens with zero attached hydrogens (tertiary/aromatic N) is 3. The van der Waals surface area contributed by atoms with Crippen molar-refractivity contribution in [3.05, 3.63) is 101 Å². The fourth-order valence-corrected chi connectivity index (χ4v) is 4.72. The monoisotopic (exact) mass is 478 g/mol. The number of aromatic amines is 1. The third kappa shape index (κ3) is 4.93. The second-order valence-corrected chi connectivity index (χ2v) is 9.22. The van der Waals surface area contributed by atoms with Crippen LogP contribution < -0.4 is 5.43 Å². The van der Waals surface area contributed by atoms with Gasteiger partial charge in [0.25, 0.3) is 0 Å². The van der Waals surface area contributed by atoms with Gasteiger partial charge in [-0.15, -0.1) is 0 Å². The van der Waals surface area contributed by atoms with Crippen molar-refractivity contribution < 1.29 is 4.79 Å². The van der Waals surface area contributed by atoms with E-state index in [1.54, 1.807) is 4.90 Å². The number of hydrogen-bond acceptors (Lipinski definition) is 3. The SMILES string of the molecule is CN(CCCCCc1cc(-c2ccccc2)n[nH]1)C(=O)Cn1c2ccccc2c(=O)c2ccccc21. The molecule has 0 bridgehead atoms. The third-order valence-electron chi connectivity index (χ3n) is 6.74. The highest BCUT2D eigenvalue weighted by atomic mass is 16.2. The molecule has 0 unspecified atom stereocenters. The van der Waals surface area contributed by atoms with Gasteiger partial charge in [-0.25, -0.2) is 0 Å². The van der Waals surface area contributed by atoms with E-state index < -0.39 is 0 Å². The van der Waals surface area contributed by atoms with Crippen LogP contribution in [0.25, 0.3) is 33.1 Å². The van der Waals surface area contributed by atoms with Crippen molar-refractivity contribution in [2.45, 2.75) is 32.2 Å². The minimum absolute atomic E-state index is 0.00594. The van der Waals surface area contributed by atoms with E-state index in [0.717, 1.165) is 53.7 Å². The number of carbonyl (C=O) groups is 1. The van der Waals surface area contributed by atoms with Crippen LogP contribution in [0.4, 0.5) is 0 Å². The molecule has 0 fully saturated rings. The Morgan fingerprint density at radius 3 is 2.19 bits per heavy atom. The lowest BCUT2D eigenvalue weighted by Gasteiger charge is -2.20. The van der Waals surface area contributed by atoms with E-state index in [0.29, 0.717) is 17.3 Å². The van der Waals surface area contributed by atoms with Crippen molar-refractivity contribution in [3.8, 4) is 11.3 Å². The first-order chi connectivity index (χ1) is 17.6. The highest BCUT2D eigenvalue weighted by molar-refractivity contribution is 5.94. The lowest BCUT2D eigenvalue weighted by atomic mass is 10.1. The smallest absolute Gasteiger partial charge is 0.242 e. The average molecular weight is 479 g/mol. The number of carbonyl (C=O) groups excluding carboxylic acids is 1. The Morgan fingerprint density at radius 2 is 1.50 bits per heavy atom. The first kappa shape index (κ1) is 23.5. The highest BCUT2D eigenvalue weighted by Crippen LogP contribution is 2.20. The summed E-state index contributed by atoms with van der Waals surface area (Å²) in [6, 6.07) is 27.3. The van der Waals surface area contributed by atoms with Crippen molar-refractivity contribution in [3.63, 3.8) is 0 Å². The molecular weight excluding hydrogens is 448 g/mol. The summed E-state index contributed by atoms with van der Waals surface area (Å²) in [5.74, 6) is 0.0371. The summed E-state index contributed by atoms with van der Waals surface area (Å²) in [5, 5.41) is 8.85. The van der Waals surface area contributed by atoms with Crippen LogP contribution in [0.2, 0.25) is 0 Å². The van der Waals surface area contributed by atoms with Gasteiger partial charge in [-0.2, -0.15) is 5.10 Å². The van der Waals surface area contributed by atoms with E-state index in [1.807, 2.05) is 78.3 Å². The fraction of sp³-hybridized carbons (Fsp3) is 0.233. The predicted octanol–water partition coefficient (Wildman–Crippen LogP) is 5.42. The minimum atomic E-state index is 0.00594. The van der Waals surface area contributed by atoms with Crippen LogP contribution in [0.1, 0.15) is 25.0 Å². The predicted molar refractivity (Wildman–Crippen MR) is 145 cm³/mol. The Labute approximate surface area is 210 Å². The second kappa shape index (κ2) is 10.6. The van der Waals surface area contributed by atoms with Gasteiger partial charge >= 0.3 is 0 Å². The number of H-pyrrole nitrogens is 1. The summed E-state index contributed by atoms with van der Waals surface area (Å²) in [7, 11) is 1.86. The van der Waals surface area contributed by atoms with Crippen LogP contribution in [-0.4, -0.2) is 39.2 Å². The molecule has 5 rings (SSSR count). The Balaban J connectivity index is 1.17. The summed E-state index contributed by atoms with van der Waals surface area (Å²) in [6.45, 7) is 0.904. The van der Waals surface area contributed by atoms with Crippen LogP contribution in [0.15, 0.2) is 89.7 Å². The van der Waals surface area contributed by atoms with Gasteiger partial charge in [-0.3, -0.25) is 14.7 Å². The molecule has 0 aliphatic rings. The molecule has 36 heavy (non-hydrogen) atoms. The van der Waals surface area contributed by atoms with E-state index >= 15 is 0 Å². The van der Waals surface area contributed by atoms with Crippen molar-refractivity contribution in [2.24, 2.45) is 0 Å². The largest absolute Gasteiger partial charge is 0.344 e. The van der Waals surface area contributed by atoms with Crippen molar-refractivity contribution in [1.29, 1.82) is 0 Å². The molecule has 182 valence electrons. The van der Waals surface area contributed by atoms with Gasteiger partial charge in [0.05, 0.1) is 16.7 Å². The molecule has 3 aromatic carbocycles. The van der Waals surface area contributed by atoms with Crippen LogP contribution in [0.3, 0.4) is 0 Å². The molecule has 0 saturated heterocycles. The molecule has 6 nitrogen and oxygen atoms in total. The molecule has 0 spiro atoms. The van der Waals surface area contributed by atoms with E-state index in [1.165, 1.54) is 0 Å². The van der Waals surface area contributed by atoms with Crippen molar-refractivity contribution >= 4 is 27.7 Å². The van der Waals surface area contributed by atoms with Crippen LogP contribution in [-0.2, 0) is 17.8 Å². The Hall–Kier alpha value is -4.19. The number of pyridine rings is 1. The topological polar surface area (TPSA) is 71.0 Å². The van der Waals surface area contributed by atoms with Crippen LogP contribution in [0, 0.1) is 0 Å². The van der Waals surface area contributed by atoms with E-state index in [-0.39, 0.29) is 17.9 Å². The summed E-state index contributed by atoms with van der Waals surface area (Å²) in [5.41, 5.74) is 4.80. The first-order valence-corrected chi connectivity index (χ1v) is 12.5. The maximum absolute atomic E-state index is 13.1. The van der Waals surface area contributed by atoms with E-state index in [2.05, 4.69) is 28.4 Å². The summed E-state index contributed by atoms with van der Waals surface area (Å²) in [6.07, 6.45) is 3.94. The zero-order chi connectivity index (χ0) is 24.9. The molecule has 5 aromatic rings. The average Bonchev–Trinajstić information content (AvgIpc) is 3.40. The fourth-order valence-electron chi connectivity index (χ4n) is 4.72. The zero-order valence-electron chi connectivity index (χ0n) is 20.5. The number of aryl methyl sites for hydroxylation is 1. The van der Waals surface area contributed by atoms with Crippen molar-refractivity contribution in [1.82, 2.24) is 19.7 Å². The van der Waals surface area contributed by atoms with Gasteiger partial charge in [0.2, 0.25) is 5.91 Å². The highest BCUT2D eigenvalue weighted by Gasteiger charge is 2.15. The molecule has 0 aliphatic carbocycles. The number of para-hydroxylation sites is 2. The number of benzene rings is 3.